The first-order chi connectivity index (χ1) is 9.24. The zero-order chi connectivity index (χ0) is 13.2. The van der Waals surface area contributed by atoms with Crippen LogP contribution in [0.1, 0.15) is 31.9 Å². The third-order valence-corrected chi connectivity index (χ3v) is 4.15. The van der Waals surface area contributed by atoms with Crippen molar-refractivity contribution in [1.29, 1.82) is 0 Å². The van der Waals surface area contributed by atoms with Crippen LogP contribution in [0.3, 0.4) is 0 Å². The maximum atomic E-state index is 5.44. The number of hydrogen-bond donors (Lipinski definition) is 2. The van der Waals surface area contributed by atoms with Crippen LogP contribution in [0.4, 0.5) is 0 Å². The van der Waals surface area contributed by atoms with Crippen molar-refractivity contribution in [2.45, 2.75) is 32.4 Å². The van der Waals surface area contributed by atoms with Gasteiger partial charge in [0.2, 0.25) is 6.79 Å². The monoisotopic (exact) mass is 262 g/mol. The molecule has 0 saturated carbocycles. The van der Waals surface area contributed by atoms with Crippen molar-refractivity contribution in [3.63, 3.8) is 0 Å². The van der Waals surface area contributed by atoms with E-state index in [2.05, 4.69) is 36.6 Å². The predicted octanol–water partition coefficient (Wildman–Crippen LogP) is 2.06. The molecule has 104 valence electrons. The summed E-state index contributed by atoms with van der Waals surface area (Å²) in [6, 6.07) is 7.13. The second-order valence-corrected chi connectivity index (χ2v) is 5.58. The van der Waals surface area contributed by atoms with Crippen LogP contribution in [0.25, 0.3) is 0 Å². The number of ether oxygens (including phenoxy) is 2. The number of fused-ring (bicyclic) bond motifs is 1. The van der Waals surface area contributed by atoms with Gasteiger partial charge in [-0.2, -0.15) is 0 Å². The first-order valence-electron chi connectivity index (χ1n) is 7.10. The van der Waals surface area contributed by atoms with Gasteiger partial charge in [-0.25, -0.2) is 0 Å². The molecule has 2 heterocycles. The van der Waals surface area contributed by atoms with Crippen LogP contribution >= 0.6 is 0 Å². The molecule has 2 aliphatic rings. The average Bonchev–Trinajstić information content (AvgIpc) is 2.88. The molecule has 3 unspecified atom stereocenters. The number of hydrogen-bond acceptors (Lipinski definition) is 4. The van der Waals surface area contributed by atoms with Gasteiger partial charge < -0.3 is 20.1 Å². The zero-order valence-electron chi connectivity index (χ0n) is 11.6. The van der Waals surface area contributed by atoms with Crippen LogP contribution in [-0.2, 0) is 0 Å². The first-order valence-corrected chi connectivity index (χ1v) is 7.10. The van der Waals surface area contributed by atoms with Gasteiger partial charge in [0.15, 0.2) is 11.5 Å². The lowest BCUT2D eigenvalue weighted by Gasteiger charge is -2.33. The second-order valence-electron chi connectivity index (χ2n) is 5.58. The Bertz CT molecular complexity index is 450. The molecule has 0 amide bonds. The van der Waals surface area contributed by atoms with E-state index in [1.165, 1.54) is 12.0 Å². The molecule has 4 heteroatoms. The van der Waals surface area contributed by atoms with Crippen molar-refractivity contribution in [2.24, 2.45) is 5.92 Å². The van der Waals surface area contributed by atoms with E-state index in [0.29, 0.717) is 24.8 Å². The largest absolute Gasteiger partial charge is 0.454 e. The third-order valence-electron chi connectivity index (χ3n) is 4.15. The lowest BCUT2D eigenvalue weighted by molar-refractivity contribution is 0.174. The molecular weight excluding hydrogens is 240 g/mol. The summed E-state index contributed by atoms with van der Waals surface area (Å²) < 4.78 is 10.8. The van der Waals surface area contributed by atoms with E-state index < -0.39 is 0 Å². The van der Waals surface area contributed by atoms with Crippen molar-refractivity contribution >= 4 is 0 Å². The fourth-order valence-electron chi connectivity index (χ4n) is 2.86. The molecule has 2 N–H and O–H groups in total. The molecule has 0 radical (unpaired) electrons. The summed E-state index contributed by atoms with van der Waals surface area (Å²) in [5.74, 6) is 2.39. The van der Waals surface area contributed by atoms with Crippen LogP contribution in [0.5, 0.6) is 11.5 Å². The van der Waals surface area contributed by atoms with Crippen molar-refractivity contribution in [2.75, 3.05) is 19.9 Å². The van der Waals surface area contributed by atoms with E-state index in [1.54, 1.807) is 0 Å². The summed E-state index contributed by atoms with van der Waals surface area (Å²) in [6.45, 7) is 7.07. The van der Waals surface area contributed by atoms with Crippen LogP contribution in [0, 0.1) is 5.92 Å². The van der Waals surface area contributed by atoms with Gasteiger partial charge in [-0.3, -0.25) is 0 Å². The predicted molar refractivity (Wildman–Crippen MR) is 74.6 cm³/mol. The third kappa shape index (κ3) is 2.69. The highest BCUT2D eigenvalue weighted by atomic mass is 16.7. The van der Waals surface area contributed by atoms with Crippen LogP contribution < -0.4 is 20.1 Å². The normalized spacial score (nSPS) is 27.3. The maximum Gasteiger partial charge on any atom is 0.231 e. The van der Waals surface area contributed by atoms with Gasteiger partial charge >= 0.3 is 0 Å². The summed E-state index contributed by atoms with van der Waals surface area (Å²) in [7, 11) is 0. The van der Waals surface area contributed by atoms with Crippen molar-refractivity contribution in [3.05, 3.63) is 23.8 Å². The number of nitrogens with one attached hydrogen (secondary N) is 2. The van der Waals surface area contributed by atoms with Gasteiger partial charge in [-0.1, -0.05) is 13.0 Å². The average molecular weight is 262 g/mol. The highest BCUT2D eigenvalue weighted by molar-refractivity contribution is 5.45. The Balaban J connectivity index is 1.68. The molecule has 1 aromatic rings. The van der Waals surface area contributed by atoms with Gasteiger partial charge in [0, 0.05) is 12.1 Å². The second kappa shape index (κ2) is 5.39. The summed E-state index contributed by atoms with van der Waals surface area (Å²) in [5, 5.41) is 7.17. The fourth-order valence-corrected chi connectivity index (χ4v) is 2.86. The Labute approximate surface area is 114 Å². The Hall–Kier alpha value is -1.26. The maximum absolute atomic E-state index is 5.44. The molecule has 0 bridgehead atoms. The summed E-state index contributed by atoms with van der Waals surface area (Å²) in [5.41, 5.74) is 1.26. The Morgan fingerprint density at radius 1 is 1.32 bits per heavy atom. The van der Waals surface area contributed by atoms with E-state index in [-0.39, 0.29) is 0 Å². The van der Waals surface area contributed by atoms with Crippen molar-refractivity contribution in [3.8, 4) is 11.5 Å². The van der Waals surface area contributed by atoms with Crippen LogP contribution in [0.2, 0.25) is 0 Å². The number of benzene rings is 1. The van der Waals surface area contributed by atoms with E-state index in [1.807, 2.05) is 6.07 Å². The molecule has 0 aliphatic carbocycles. The SMILES string of the molecule is CC(NC1CCNCC1C)c1ccc2c(c1)OCO2. The molecule has 3 atom stereocenters. The topological polar surface area (TPSA) is 42.5 Å². The lowest BCUT2D eigenvalue weighted by Crippen LogP contribution is -2.47. The van der Waals surface area contributed by atoms with Gasteiger partial charge in [-0.15, -0.1) is 0 Å². The number of piperidine rings is 1. The molecule has 19 heavy (non-hydrogen) atoms. The quantitative estimate of drug-likeness (QED) is 0.875. The minimum atomic E-state index is 0.333. The van der Waals surface area contributed by atoms with Gasteiger partial charge in [0.05, 0.1) is 0 Å². The summed E-state index contributed by atoms with van der Waals surface area (Å²) in [4.78, 5) is 0. The van der Waals surface area contributed by atoms with E-state index in [0.717, 1.165) is 24.6 Å². The summed E-state index contributed by atoms with van der Waals surface area (Å²) >= 11 is 0. The standard InChI is InChI=1S/C15H22N2O2/c1-10-8-16-6-5-13(10)17-11(2)12-3-4-14-15(7-12)19-9-18-14/h3-4,7,10-11,13,16-17H,5-6,8-9H2,1-2H3. The molecule has 0 aromatic heterocycles. The minimum absolute atomic E-state index is 0.333. The Kier molecular flexibility index (Phi) is 3.62. The van der Waals surface area contributed by atoms with Gasteiger partial charge in [0.25, 0.3) is 0 Å². The molecule has 2 aliphatic heterocycles. The molecular formula is C15H22N2O2. The zero-order valence-corrected chi connectivity index (χ0v) is 11.6. The molecule has 1 fully saturated rings. The van der Waals surface area contributed by atoms with Gasteiger partial charge in [0.1, 0.15) is 0 Å². The lowest BCUT2D eigenvalue weighted by atomic mass is 9.93. The first kappa shape index (κ1) is 12.8. The molecule has 1 saturated heterocycles. The fraction of sp³-hybridized carbons (Fsp3) is 0.600. The number of rotatable bonds is 3. The molecule has 4 nitrogen and oxygen atoms in total. The highest BCUT2D eigenvalue weighted by Gasteiger charge is 2.23. The highest BCUT2D eigenvalue weighted by Crippen LogP contribution is 2.34. The van der Waals surface area contributed by atoms with Crippen molar-refractivity contribution in [1.82, 2.24) is 10.6 Å². The van der Waals surface area contributed by atoms with E-state index >= 15 is 0 Å². The Morgan fingerprint density at radius 3 is 3.00 bits per heavy atom. The Morgan fingerprint density at radius 2 is 2.16 bits per heavy atom. The molecule has 0 spiro atoms. The molecule has 1 aromatic carbocycles. The van der Waals surface area contributed by atoms with Gasteiger partial charge in [-0.05, 0) is 50.0 Å². The van der Waals surface area contributed by atoms with E-state index in [9.17, 15) is 0 Å². The smallest absolute Gasteiger partial charge is 0.231 e. The van der Waals surface area contributed by atoms with E-state index in [4.69, 9.17) is 9.47 Å². The summed E-state index contributed by atoms with van der Waals surface area (Å²) in [6.07, 6.45) is 1.19. The molecule has 3 rings (SSSR count). The minimum Gasteiger partial charge on any atom is -0.454 e. The van der Waals surface area contributed by atoms with Crippen LogP contribution in [0.15, 0.2) is 18.2 Å². The van der Waals surface area contributed by atoms with Crippen LogP contribution in [-0.4, -0.2) is 25.9 Å². The van der Waals surface area contributed by atoms with Crippen molar-refractivity contribution < 1.29 is 9.47 Å².